The van der Waals surface area contributed by atoms with E-state index in [-0.39, 0.29) is 5.91 Å². The minimum absolute atomic E-state index is 0.208. The van der Waals surface area contributed by atoms with Gasteiger partial charge in [-0.1, -0.05) is 18.2 Å². The summed E-state index contributed by atoms with van der Waals surface area (Å²) in [6, 6.07) is 13.2. The first kappa shape index (κ1) is 15.4. The zero-order valence-corrected chi connectivity index (χ0v) is 13.0. The van der Waals surface area contributed by atoms with E-state index in [9.17, 15) is 10.0 Å². The molecule has 1 amide bonds. The van der Waals surface area contributed by atoms with Crippen LogP contribution in [0.3, 0.4) is 0 Å². The van der Waals surface area contributed by atoms with Gasteiger partial charge in [0.2, 0.25) is 5.91 Å². The van der Waals surface area contributed by atoms with Gasteiger partial charge in [-0.05, 0) is 41.8 Å². The Kier molecular flexibility index (Phi) is 4.48. The number of methoxy groups -OCH3 is 1. The largest absolute Gasteiger partial charge is 0.761 e. The highest BCUT2D eigenvalue weighted by molar-refractivity contribution is 5.78. The van der Waals surface area contributed by atoms with Crippen LogP contribution in [0.2, 0.25) is 0 Å². The predicted molar refractivity (Wildman–Crippen MR) is 90.1 cm³/mol. The fourth-order valence-electron chi connectivity index (χ4n) is 2.92. The number of likely N-dealkylation sites (tertiary alicyclic amines) is 1. The summed E-state index contributed by atoms with van der Waals surface area (Å²) in [5.74, 6) is 0.949. The van der Waals surface area contributed by atoms with Crippen LogP contribution in [0.4, 0.5) is 5.69 Å². The monoisotopic (exact) mass is 311 g/mol. The van der Waals surface area contributed by atoms with E-state index < -0.39 is 0 Å². The standard InChI is InChI=1S/C18H19N2O3/c1-23-17-8-7-13(12-20-9-3-6-18(20)21)10-16(17)14-4-2-5-15(11-14)19-22/h2,4-5,7-8,10-11,19H,3,6,9,12H2,1H3/q-1. The van der Waals surface area contributed by atoms with Crippen LogP contribution in [0.5, 0.6) is 5.75 Å². The van der Waals surface area contributed by atoms with Crippen molar-refractivity contribution in [3.63, 3.8) is 0 Å². The highest BCUT2D eigenvalue weighted by atomic mass is 16.5. The second-order valence-electron chi connectivity index (χ2n) is 5.64. The Morgan fingerprint density at radius 3 is 2.83 bits per heavy atom. The molecule has 0 aromatic heterocycles. The number of rotatable bonds is 5. The lowest BCUT2D eigenvalue weighted by Gasteiger charge is -2.18. The average molecular weight is 311 g/mol. The van der Waals surface area contributed by atoms with Gasteiger partial charge in [0.25, 0.3) is 0 Å². The lowest BCUT2D eigenvalue weighted by molar-refractivity contribution is -0.128. The van der Waals surface area contributed by atoms with Gasteiger partial charge in [0, 0.05) is 30.8 Å². The normalized spacial score (nSPS) is 14.2. The fraction of sp³-hybridized carbons (Fsp3) is 0.278. The van der Waals surface area contributed by atoms with Crippen molar-refractivity contribution in [1.29, 1.82) is 0 Å². The maximum Gasteiger partial charge on any atom is 0.222 e. The molecule has 0 bridgehead atoms. The molecule has 0 saturated carbocycles. The minimum atomic E-state index is 0.208. The average Bonchev–Trinajstić information content (AvgIpc) is 2.99. The second-order valence-corrected chi connectivity index (χ2v) is 5.64. The molecule has 5 heteroatoms. The van der Waals surface area contributed by atoms with Crippen molar-refractivity contribution in [2.75, 3.05) is 19.1 Å². The van der Waals surface area contributed by atoms with Gasteiger partial charge in [0.1, 0.15) is 5.75 Å². The molecule has 2 aromatic carbocycles. The Balaban J connectivity index is 1.94. The summed E-state index contributed by atoms with van der Waals surface area (Å²) in [5.41, 5.74) is 5.28. The number of carbonyl (C=O) groups excluding carboxylic acids is 1. The van der Waals surface area contributed by atoms with Crippen molar-refractivity contribution in [1.82, 2.24) is 4.90 Å². The number of anilines is 1. The van der Waals surface area contributed by atoms with Crippen LogP contribution < -0.4 is 10.2 Å². The van der Waals surface area contributed by atoms with E-state index >= 15 is 0 Å². The fourth-order valence-corrected chi connectivity index (χ4v) is 2.92. The van der Waals surface area contributed by atoms with Crippen LogP contribution in [0.25, 0.3) is 11.1 Å². The highest BCUT2D eigenvalue weighted by Gasteiger charge is 2.20. The zero-order valence-electron chi connectivity index (χ0n) is 13.0. The molecule has 0 unspecified atom stereocenters. The van der Waals surface area contributed by atoms with Crippen LogP contribution in [0.1, 0.15) is 18.4 Å². The van der Waals surface area contributed by atoms with Crippen LogP contribution in [-0.4, -0.2) is 24.5 Å². The van der Waals surface area contributed by atoms with Gasteiger partial charge in [-0.2, -0.15) is 0 Å². The number of hydrogen-bond acceptors (Lipinski definition) is 4. The van der Waals surface area contributed by atoms with Gasteiger partial charge in [0.05, 0.1) is 7.11 Å². The van der Waals surface area contributed by atoms with Crippen molar-refractivity contribution in [2.24, 2.45) is 0 Å². The molecule has 1 aliphatic heterocycles. The molecule has 120 valence electrons. The molecule has 1 heterocycles. The van der Waals surface area contributed by atoms with Crippen molar-refractivity contribution in [2.45, 2.75) is 19.4 Å². The van der Waals surface area contributed by atoms with E-state index in [1.807, 2.05) is 40.7 Å². The Bertz CT molecular complexity index is 715. The van der Waals surface area contributed by atoms with Crippen molar-refractivity contribution >= 4 is 11.6 Å². The van der Waals surface area contributed by atoms with Crippen LogP contribution in [0, 0.1) is 5.21 Å². The minimum Gasteiger partial charge on any atom is -0.761 e. The van der Waals surface area contributed by atoms with Gasteiger partial charge in [-0.15, -0.1) is 0 Å². The Morgan fingerprint density at radius 1 is 1.26 bits per heavy atom. The Labute approximate surface area is 135 Å². The van der Waals surface area contributed by atoms with Gasteiger partial charge in [-0.25, -0.2) is 0 Å². The lowest BCUT2D eigenvalue weighted by Crippen LogP contribution is -2.23. The number of nitrogens with one attached hydrogen (secondary N) is 1. The lowest BCUT2D eigenvalue weighted by atomic mass is 10.0. The molecule has 0 atom stereocenters. The molecule has 0 aliphatic carbocycles. The van der Waals surface area contributed by atoms with Crippen LogP contribution in [0.15, 0.2) is 42.5 Å². The summed E-state index contributed by atoms with van der Waals surface area (Å²) in [7, 11) is 1.62. The summed E-state index contributed by atoms with van der Waals surface area (Å²) < 4.78 is 5.44. The van der Waals surface area contributed by atoms with Crippen molar-refractivity contribution in [3.8, 4) is 16.9 Å². The summed E-state index contributed by atoms with van der Waals surface area (Å²) in [6.07, 6.45) is 1.57. The van der Waals surface area contributed by atoms with E-state index in [0.717, 1.165) is 35.4 Å². The van der Waals surface area contributed by atoms with E-state index in [4.69, 9.17) is 4.74 Å². The van der Waals surface area contributed by atoms with E-state index in [2.05, 4.69) is 0 Å². The highest BCUT2D eigenvalue weighted by Crippen LogP contribution is 2.33. The van der Waals surface area contributed by atoms with Crippen molar-refractivity contribution in [3.05, 3.63) is 53.2 Å². The molecule has 1 fully saturated rings. The number of benzene rings is 2. The zero-order chi connectivity index (χ0) is 16.2. The first-order valence-electron chi connectivity index (χ1n) is 7.64. The number of carbonyl (C=O) groups is 1. The molecule has 0 spiro atoms. The molecule has 5 nitrogen and oxygen atoms in total. The second kappa shape index (κ2) is 6.71. The summed E-state index contributed by atoms with van der Waals surface area (Å²) in [5, 5.41) is 10.9. The van der Waals surface area contributed by atoms with Crippen LogP contribution >= 0.6 is 0 Å². The van der Waals surface area contributed by atoms with E-state index in [1.54, 1.807) is 19.2 Å². The topological polar surface area (TPSA) is 64.6 Å². The molecule has 3 rings (SSSR count). The number of nitrogens with zero attached hydrogens (tertiary/aromatic N) is 1. The number of hydrogen-bond donors (Lipinski definition) is 1. The maximum absolute atomic E-state index is 11.8. The molecule has 0 radical (unpaired) electrons. The van der Waals surface area contributed by atoms with E-state index in [0.29, 0.717) is 18.7 Å². The quantitative estimate of drug-likeness (QED) is 0.860. The molecule has 23 heavy (non-hydrogen) atoms. The number of amides is 1. The Hall–Kier alpha value is -2.53. The molecular weight excluding hydrogens is 292 g/mol. The molecule has 1 saturated heterocycles. The molecule has 1 N–H and O–H groups in total. The molecule has 2 aromatic rings. The van der Waals surface area contributed by atoms with Gasteiger partial charge >= 0.3 is 0 Å². The Morgan fingerprint density at radius 2 is 2.13 bits per heavy atom. The first-order valence-corrected chi connectivity index (χ1v) is 7.64. The predicted octanol–water partition coefficient (Wildman–Crippen LogP) is 3.39. The molecule has 1 aliphatic rings. The molecular formula is C18H19N2O3-. The van der Waals surface area contributed by atoms with Crippen LogP contribution in [-0.2, 0) is 11.3 Å². The summed E-state index contributed by atoms with van der Waals surface area (Å²) in [6.45, 7) is 1.42. The summed E-state index contributed by atoms with van der Waals surface area (Å²) in [4.78, 5) is 13.7. The van der Waals surface area contributed by atoms with Gasteiger partial charge in [0.15, 0.2) is 0 Å². The smallest absolute Gasteiger partial charge is 0.222 e. The maximum atomic E-state index is 11.8. The third kappa shape index (κ3) is 3.29. The SMILES string of the molecule is COc1ccc(CN2CCCC2=O)cc1-c1cccc(N[O-])c1. The first-order chi connectivity index (χ1) is 11.2. The van der Waals surface area contributed by atoms with Crippen molar-refractivity contribution < 1.29 is 9.53 Å². The third-order valence-corrected chi connectivity index (χ3v) is 4.10. The van der Waals surface area contributed by atoms with Gasteiger partial charge in [-0.3, -0.25) is 4.79 Å². The summed E-state index contributed by atoms with van der Waals surface area (Å²) >= 11 is 0. The van der Waals surface area contributed by atoms with Gasteiger partial charge < -0.3 is 20.3 Å². The third-order valence-electron chi connectivity index (χ3n) is 4.10. The number of ether oxygens (including phenoxy) is 1. The van der Waals surface area contributed by atoms with E-state index in [1.165, 1.54) is 0 Å².